The van der Waals surface area contributed by atoms with Gasteiger partial charge in [0.1, 0.15) is 0 Å². The number of hydroxylamine groups is 1. The van der Waals surface area contributed by atoms with Crippen LogP contribution < -0.4 is 5.48 Å². The molecule has 7 nitrogen and oxygen atoms in total. The van der Waals surface area contributed by atoms with Gasteiger partial charge in [-0.2, -0.15) is 5.48 Å². The molecular formula is C7H14N4O3. The van der Waals surface area contributed by atoms with Gasteiger partial charge in [-0.1, -0.05) is 0 Å². The summed E-state index contributed by atoms with van der Waals surface area (Å²) in [5.74, 6) is -0.353. The molecule has 0 saturated carbocycles. The highest BCUT2D eigenvalue weighted by Crippen LogP contribution is 1.97. The minimum absolute atomic E-state index is 0.239. The van der Waals surface area contributed by atoms with Crippen LogP contribution in [0.25, 0.3) is 0 Å². The molecule has 1 amide bonds. The first-order chi connectivity index (χ1) is 6.72. The lowest BCUT2D eigenvalue weighted by Crippen LogP contribution is -2.47. The Balaban J connectivity index is 2.17. The van der Waals surface area contributed by atoms with Gasteiger partial charge >= 0.3 is 0 Å². The Bertz CT molecular complexity index is 203. The summed E-state index contributed by atoms with van der Waals surface area (Å²) in [7, 11) is 2.04. The molecule has 0 aliphatic carbocycles. The summed E-state index contributed by atoms with van der Waals surface area (Å²) in [6, 6.07) is 0. The Hall–Kier alpha value is -1.21. The molecule has 1 rings (SSSR count). The van der Waals surface area contributed by atoms with Crippen molar-refractivity contribution in [3.05, 3.63) is 4.91 Å². The van der Waals surface area contributed by atoms with Crippen LogP contribution in [-0.4, -0.2) is 55.5 Å². The van der Waals surface area contributed by atoms with Crippen molar-refractivity contribution in [2.75, 3.05) is 39.8 Å². The molecule has 80 valence electrons. The molecule has 0 radical (unpaired) electrons. The smallest absolute Gasteiger partial charge is 0.268 e. The molecule has 1 aliphatic heterocycles. The summed E-state index contributed by atoms with van der Waals surface area (Å²) in [6.45, 7) is 3.82. The van der Waals surface area contributed by atoms with Gasteiger partial charge in [0.2, 0.25) is 0 Å². The van der Waals surface area contributed by atoms with E-state index in [1.54, 1.807) is 0 Å². The van der Waals surface area contributed by atoms with E-state index in [-0.39, 0.29) is 12.5 Å². The molecule has 0 bridgehead atoms. The molecule has 0 unspecified atom stereocenters. The molecule has 0 aromatic carbocycles. The maximum atomic E-state index is 11.1. The van der Waals surface area contributed by atoms with E-state index < -0.39 is 0 Å². The van der Waals surface area contributed by atoms with E-state index in [0.717, 1.165) is 26.2 Å². The van der Waals surface area contributed by atoms with E-state index in [1.165, 1.54) is 0 Å². The van der Waals surface area contributed by atoms with Gasteiger partial charge in [-0.05, 0) is 7.05 Å². The number of carbonyl (C=O) groups excluding carboxylic acids is 1. The average molecular weight is 202 g/mol. The molecule has 0 atom stereocenters. The quantitative estimate of drug-likeness (QED) is 0.465. The first-order valence-electron chi connectivity index (χ1n) is 4.41. The van der Waals surface area contributed by atoms with Crippen molar-refractivity contribution >= 4 is 5.91 Å². The summed E-state index contributed by atoms with van der Waals surface area (Å²) in [4.78, 5) is 28.7. The largest absolute Gasteiger partial charge is 0.304 e. The second-order valence-corrected chi connectivity index (χ2v) is 3.27. The van der Waals surface area contributed by atoms with Crippen LogP contribution in [0.4, 0.5) is 0 Å². The Labute approximate surface area is 81.9 Å². The van der Waals surface area contributed by atoms with Crippen molar-refractivity contribution in [3.63, 3.8) is 0 Å². The predicted molar refractivity (Wildman–Crippen MR) is 49.0 cm³/mol. The topological polar surface area (TPSA) is 74.2 Å². The van der Waals surface area contributed by atoms with Crippen LogP contribution in [0.5, 0.6) is 0 Å². The third-order valence-corrected chi connectivity index (χ3v) is 2.16. The highest BCUT2D eigenvalue weighted by Gasteiger charge is 2.16. The van der Waals surface area contributed by atoms with Gasteiger partial charge in [0.05, 0.1) is 6.54 Å². The fourth-order valence-corrected chi connectivity index (χ4v) is 1.31. The molecule has 1 N–H and O–H groups in total. The van der Waals surface area contributed by atoms with Crippen molar-refractivity contribution in [2.24, 2.45) is 5.34 Å². The van der Waals surface area contributed by atoms with E-state index in [0.29, 0.717) is 0 Å². The highest BCUT2D eigenvalue weighted by molar-refractivity contribution is 5.76. The second-order valence-electron chi connectivity index (χ2n) is 3.27. The normalized spacial score (nSPS) is 18.9. The van der Waals surface area contributed by atoms with Gasteiger partial charge in [0, 0.05) is 26.2 Å². The number of likely N-dealkylation sites (N-methyl/N-ethyl adjacent to an activating group) is 1. The maximum absolute atomic E-state index is 11.1. The highest BCUT2D eigenvalue weighted by atomic mass is 16.8. The van der Waals surface area contributed by atoms with Crippen LogP contribution in [0, 0.1) is 4.91 Å². The molecule has 0 aromatic heterocycles. The summed E-state index contributed by atoms with van der Waals surface area (Å²) in [6.07, 6.45) is 0. The van der Waals surface area contributed by atoms with Crippen LogP contribution in [-0.2, 0) is 9.73 Å². The number of carbonyl (C=O) groups is 1. The number of rotatable bonds is 4. The Kier molecular flexibility index (Phi) is 4.27. The SMILES string of the molecule is CN1CCN(CC(=O)NON=O)CC1. The summed E-state index contributed by atoms with van der Waals surface area (Å²) < 4.78 is 0. The number of piperazine rings is 1. The number of nitrogens with one attached hydrogen (secondary N) is 1. The molecular weight excluding hydrogens is 188 g/mol. The molecule has 0 spiro atoms. The molecule has 1 saturated heterocycles. The minimum Gasteiger partial charge on any atom is -0.304 e. The van der Waals surface area contributed by atoms with E-state index >= 15 is 0 Å². The maximum Gasteiger partial charge on any atom is 0.268 e. The summed E-state index contributed by atoms with van der Waals surface area (Å²) in [5.41, 5.74) is 1.92. The van der Waals surface area contributed by atoms with Gasteiger partial charge in [0.25, 0.3) is 5.91 Å². The zero-order valence-corrected chi connectivity index (χ0v) is 8.10. The number of hydrogen-bond donors (Lipinski definition) is 1. The van der Waals surface area contributed by atoms with Gasteiger partial charge < -0.3 is 4.90 Å². The Morgan fingerprint density at radius 2 is 2.07 bits per heavy atom. The summed E-state index contributed by atoms with van der Waals surface area (Å²) in [5, 5.41) is 2.07. The predicted octanol–water partition coefficient (Wildman–Crippen LogP) is -1.04. The standard InChI is InChI=1S/C7H14N4O3/c1-10-2-4-11(5-3-10)6-7(12)8-14-9-13/h2-6H2,1H3,(H,8,12). The van der Waals surface area contributed by atoms with Crippen LogP contribution in [0.2, 0.25) is 0 Å². The summed E-state index contributed by atoms with van der Waals surface area (Å²) >= 11 is 0. The molecule has 1 fully saturated rings. The lowest BCUT2D eigenvalue weighted by molar-refractivity contribution is -0.135. The fraction of sp³-hybridized carbons (Fsp3) is 0.857. The molecule has 14 heavy (non-hydrogen) atoms. The van der Waals surface area contributed by atoms with E-state index in [9.17, 15) is 9.70 Å². The van der Waals surface area contributed by atoms with Crippen molar-refractivity contribution in [3.8, 4) is 0 Å². The monoisotopic (exact) mass is 202 g/mol. The molecule has 1 aliphatic rings. The average Bonchev–Trinajstić information content (AvgIpc) is 2.18. The number of hydrogen-bond acceptors (Lipinski definition) is 6. The van der Waals surface area contributed by atoms with Crippen LogP contribution in [0.15, 0.2) is 5.34 Å². The Morgan fingerprint density at radius 3 is 2.64 bits per heavy atom. The van der Waals surface area contributed by atoms with Crippen molar-refractivity contribution in [2.45, 2.75) is 0 Å². The van der Waals surface area contributed by atoms with Crippen molar-refractivity contribution in [1.82, 2.24) is 15.3 Å². The van der Waals surface area contributed by atoms with E-state index in [1.807, 2.05) is 17.4 Å². The minimum atomic E-state index is -0.353. The van der Waals surface area contributed by atoms with Crippen LogP contribution >= 0.6 is 0 Å². The van der Waals surface area contributed by atoms with Crippen molar-refractivity contribution < 1.29 is 9.73 Å². The lowest BCUT2D eigenvalue weighted by atomic mass is 10.3. The third-order valence-electron chi connectivity index (χ3n) is 2.16. The fourth-order valence-electron chi connectivity index (χ4n) is 1.31. The Morgan fingerprint density at radius 1 is 1.43 bits per heavy atom. The first-order valence-corrected chi connectivity index (χ1v) is 4.41. The van der Waals surface area contributed by atoms with E-state index in [2.05, 4.69) is 15.2 Å². The lowest BCUT2D eigenvalue weighted by Gasteiger charge is -2.31. The third kappa shape index (κ3) is 3.67. The van der Waals surface area contributed by atoms with E-state index in [4.69, 9.17) is 0 Å². The first kappa shape index (κ1) is 10.9. The number of amides is 1. The van der Waals surface area contributed by atoms with Crippen LogP contribution in [0.3, 0.4) is 0 Å². The molecule has 7 heteroatoms. The zero-order valence-electron chi connectivity index (χ0n) is 8.10. The van der Waals surface area contributed by atoms with Gasteiger partial charge in [-0.25, -0.2) is 4.94 Å². The number of nitrogens with zero attached hydrogens (tertiary/aromatic N) is 3. The van der Waals surface area contributed by atoms with Crippen molar-refractivity contribution in [1.29, 1.82) is 0 Å². The van der Waals surface area contributed by atoms with Gasteiger partial charge in [-0.3, -0.25) is 9.69 Å². The van der Waals surface area contributed by atoms with Gasteiger partial charge in [0.15, 0.2) is 5.34 Å². The molecule has 0 aromatic rings. The van der Waals surface area contributed by atoms with Crippen LogP contribution in [0.1, 0.15) is 0 Å². The second kappa shape index (κ2) is 5.51. The zero-order chi connectivity index (χ0) is 10.4. The molecule has 1 heterocycles. The van der Waals surface area contributed by atoms with Gasteiger partial charge in [-0.15, -0.1) is 4.91 Å².